The van der Waals surface area contributed by atoms with Gasteiger partial charge in [0.05, 0.1) is 16.8 Å². The lowest BCUT2D eigenvalue weighted by atomic mass is 10.0. The number of carboxylic acid groups (broad SMARTS) is 1. The Morgan fingerprint density at radius 3 is 2.70 bits per heavy atom. The number of benzene rings is 1. The average Bonchev–Trinajstić information content (AvgIpc) is 3.44. The number of carbonyl (C=O) groups is 1. The summed E-state index contributed by atoms with van der Waals surface area (Å²) < 4.78 is 14.6. The molecular weight excluding hydrogens is 477 g/mol. The zero-order chi connectivity index (χ0) is 20.8. The fourth-order valence-corrected chi connectivity index (χ4v) is 5.47. The van der Waals surface area contributed by atoms with Crippen LogP contribution in [-0.2, 0) is 11.3 Å². The molecule has 1 aromatic carbocycles. The number of aromatic nitrogens is 5. The van der Waals surface area contributed by atoms with Gasteiger partial charge >= 0.3 is 5.97 Å². The van der Waals surface area contributed by atoms with Crippen molar-refractivity contribution in [1.82, 2.24) is 25.2 Å². The molecule has 9 nitrogen and oxygen atoms in total. The first-order valence-electron chi connectivity index (χ1n) is 9.37. The van der Waals surface area contributed by atoms with Crippen LogP contribution in [0.1, 0.15) is 0 Å². The largest absolute Gasteiger partial charge is 0.480 e. The van der Waals surface area contributed by atoms with E-state index in [1.807, 2.05) is 0 Å². The Labute approximate surface area is 183 Å². The van der Waals surface area contributed by atoms with E-state index < -0.39 is 5.97 Å². The van der Waals surface area contributed by atoms with Crippen molar-refractivity contribution in [3.8, 4) is 10.7 Å². The zero-order valence-corrected chi connectivity index (χ0v) is 18.1. The number of hydrogen-bond donors (Lipinski definition) is 1. The number of fused-ring (bicyclic) bond motifs is 1. The van der Waals surface area contributed by atoms with Crippen molar-refractivity contribution in [2.45, 2.75) is 6.54 Å². The summed E-state index contributed by atoms with van der Waals surface area (Å²) in [5.74, 6) is 0.105. The molecule has 12 heteroatoms. The van der Waals surface area contributed by atoms with Crippen molar-refractivity contribution in [3.05, 3.63) is 34.7 Å². The third kappa shape index (κ3) is 3.65. The molecule has 2 atom stereocenters. The highest BCUT2D eigenvalue weighted by atomic mass is 79.9. The number of halogens is 2. The van der Waals surface area contributed by atoms with E-state index in [1.54, 1.807) is 18.3 Å². The molecule has 5 rings (SSSR count). The van der Waals surface area contributed by atoms with Crippen molar-refractivity contribution >= 4 is 44.1 Å². The highest BCUT2D eigenvalue weighted by molar-refractivity contribution is 9.10. The molecule has 2 aliphatic heterocycles. The first kappa shape index (κ1) is 19.4. The van der Waals surface area contributed by atoms with Gasteiger partial charge in [0, 0.05) is 42.5 Å². The number of nitrogens with zero attached hydrogens (tertiary/aromatic N) is 7. The molecule has 2 aromatic heterocycles. The van der Waals surface area contributed by atoms with Gasteiger partial charge in [0.1, 0.15) is 5.82 Å². The van der Waals surface area contributed by atoms with Crippen LogP contribution in [0.25, 0.3) is 10.7 Å². The number of carboxylic acids is 1. The lowest BCUT2D eigenvalue weighted by Gasteiger charge is -2.23. The number of anilines is 2. The Balaban J connectivity index is 1.25. The van der Waals surface area contributed by atoms with Crippen LogP contribution in [-0.4, -0.2) is 62.4 Å². The highest BCUT2D eigenvalue weighted by Gasteiger charge is 2.41. The molecule has 0 radical (unpaired) electrons. The molecule has 0 saturated carbocycles. The van der Waals surface area contributed by atoms with Crippen LogP contribution in [0.3, 0.4) is 0 Å². The van der Waals surface area contributed by atoms with E-state index in [0.717, 1.165) is 51.1 Å². The summed E-state index contributed by atoms with van der Waals surface area (Å²) in [5, 5.41) is 21.5. The molecule has 2 fully saturated rings. The maximum Gasteiger partial charge on any atom is 0.327 e. The summed E-state index contributed by atoms with van der Waals surface area (Å²) in [6, 6.07) is 4.80. The fraction of sp³-hybridized carbons (Fsp3) is 0.389. The lowest BCUT2D eigenvalue weighted by molar-refractivity contribution is -0.138. The molecule has 2 aliphatic rings. The Morgan fingerprint density at radius 2 is 1.97 bits per heavy atom. The summed E-state index contributed by atoms with van der Waals surface area (Å²) in [4.78, 5) is 21.6. The third-order valence-electron chi connectivity index (χ3n) is 5.45. The van der Waals surface area contributed by atoms with Crippen LogP contribution in [0, 0.1) is 17.7 Å². The summed E-state index contributed by atoms with van der Waals surface area (Å²) >= 11 is 5.00. The van der Waals surface area contributed by atoms with E-state index in [-0.39, 0.29) is 12.4 Å². The van der Waals surface area contributed by atoms with Gasteiger partial charge in [-0.25, -0.2) is 9.37 Å². The molecule has 1 N–H and O–H groups in total. The smallest absolute Gasteiger partial charge is 0.327 e. The third-order valence-corrected chi connectivity index (χ3v) is 7.17. The van der Waals surface area contributed by atoms with E-state index >= 15 is 0 Å². The van der Waals surface area contributed by atoms with Gasteiger partial charge in [-0.05, 0) is 39.3 Å². The van der Waals surface area contributed by atoms with Crippen molar-refractivity contribution < 1.29 is 14.3 Å². The van der Waals surface area contributed by atoms with E-state index in [4.69, 9.17) is 5.11 Å². The molecular formula is C18H17BrFN7O2S. The number of rotatable bonds is 5. The van der Waals surface area contributed by atoms with Crippen LogP contribution < -0.4 is 9.80 Å². The molecule has 156 valence electrons. The molecule has 0 spiro atoms. The molecule has 3 aromatic rings. The maximum absolute atomic E-state index is 13.7. The van der Waals surface area contributed by atoms with Crippen molar-refractivity contribution in [3.63, 3.8) is 0 Å². The summed E-state index contributed by atoms with van der Waals surface area (Å²) in [7, 11) is 0. The van der Waals surface area contributed by atoms with Crippen molar-refractivity contribution in [2.24, 2.45) is 11.8 Å². The van der Waals surface area contributed by atoms with Gasteiger partial charge in [-0.15, -0.1) is 10.2 Å². The predicted octanol–water partition coefficient (Wildman–Crippen LogP) is 2.36. The second-order valence-electron chi connectivity index (χ2n) is 7.47. The molecule has 2 saturated heterocycles. The number of aliphatic carboxylic acids is 1. The van der Waals surface area contributed by atoms with E-state index in [1.165, 1.54) is 17.4 Å². The Kier molecular flexibility index (Phi) is 4.89. The average molecular weight is 494 g/mol. The predicted molar refractivity (Wildman–Crippen MR) is 112 cm³/mol. The second kappa shape index (κ2) is 7.58. The normalized spacial score (nSPS) is 20.7. The minimum absolute atomic E-state index is 0.226. The first-order valence-corrected chi connectivity index (χ1v) is 11.0. The summed E-state index contributed by atoms with van der Waals surface area (Å²) in [6.45, 7) is 3.21. The standard InChI is InChI=1S/C18H17BrFN7O2S/c19-13-2-1-12(20)3-14(13)25-5-10-7-26(8-11(10)6-25)18-21-4-15(30-18)17-22-24-27(23-17)9-16(28)29/h1-4,10-11H,5-9H2,(H,28,29). The Bertz CT molecular complexity index is 1090. The van der Waals surface area contributed by atoms with Crippen LogP contribution in [0.15, 0.2) is 28.9 Å². The van der Waals surface area contributed by atoms with Gasteiger partial charge in [0.2, 0.25) is 5.82 Å². The summed E-state index contributed by atoms with van der Waals surface area (Å²) in [5.41, 5.74) is 0.906. The zero-order valence-electron chi connectivity index (χ0n) is 15.6. The second-order valence-corrected chi connectivity index (χ2v) is 9.33. The van der Waals surface area contributed by atoms with Gasteiger partial charge < -0.3 is 14.9 Å². The molecule has 0 aliphatic carbocycles. The van der Waals surface area contributed by atoms with Gasteiger partial charge in [-0.2, -0.15) is 4.80 Å². The SMILES string of the molecule is O=C(O)Cn1nnc(-c2cnc(N3CC4CN(c5cc(F)ccc5Br)CC4C3)s2)n1. The van der Waals surface area contributed by atoms with Crippen molar-refractivity contribution in [1.29, 1.82) is 0 Å². The first-order chi connectivity index (χ1) is 14.5. The quantitative estimate of drug-likeness (QED) is 0.577. The van der Waals surface area contributed by atoms with Crippen LogP contribution in [0.5, 0.6) is 0 Å². The lowest BCUT2D eigenvalue weighted by Crippen LogP contribution is -2.28. The molecule has 4 heterocycles. The number of thiazole rings is 1. The van der Waals surface area contributed by atoms with E-state index in [0.29, 0.717) is 17.7 Å². The van der Waals surface area contributed by atoms with E-state index in [9.17, 15) is 9.18 Å². The van der Waals surface area contributed by atoms with Crippen molar-refractivity contribution in [2.75, 3.05) is 36.0 Å². The fourth-order valence-electron chi connectivity index (χ4n) is 4.12. The number of hydrogen-bond acceptors (Lipinski definition) is 8. The van der Waals surface area contributed by atoms with Crippen LogP contribution in [0.2, 0.25) is 0 Å². The van der Waals surface area contributed by atoms with Crippen LogP contribution in [0.4, 0.5) is 15.2 Å². The number of tetrazole rings is 1. The maximum atomic E-state index is 13.7. The monoisotopic (exact) mass is 493 g/mol. The summed E-state index contributed by atoms with van der Waals surface area (Å²) in [6.07, 6.45) is 1.70. The topological polar surface area (TPSA) is 100 Å². The molecule has 30 heavy (non-hydrogen) atoms. The van der Waals surface area contributed by atoms with Gasteiger partial charge in [0.15, 0.2) is 11.7 Å². The Hall–Kier alpha value is -2.60. The minimum Gasteiger partial charge on any atom is -0.480 e. The Morgan fingerprint density at radius 1 is 1.23 bits per heavy atom. The molecule has 0 amide bonds. The van der Waals surface area contributed by atoms with Gasteiger partial charge in [-0.1, -0.05) is 11.3 Å². The van der Waals surface area contributed by atoms with Gasteiger partial charge in [-0.3, -0.25) is 4.79 Å². The van der Waals surface area contributed by atoms with E-state index in [2.05, 4.69) is 46.1 Å². The van der Waals surface area contributed by atoms with Gasteiger partial charge in [0.25, 0.3) is 0 Å². The molecule has 0 bridgehead atoms. The molecule has 2 unspecified atom stereocenters. The highest BCUT2D eigenvalue weighted by Crippen LogP contribution is 2.40. The van der Waals surface area contributed by atoms with Crippen LogP contribution >= 0.6 is 27.3 Å². The minimum atomic E-state index is -1.02.